The molecule has 2 saturated heterocycles. The second-order valence-electron chi connectivity index (χ2n) is 5.28. The van der Waals surface area contributed by atoms with Crippen LogP contribution in [0.15, 0.2) is 18.2 Å². The minimum Gasteiger partial charge on any atom is -0.328 e. The van der Waals surface area contributed by atoms with Crippen molar-refractivity contribution < 1.29 is 14.0 Å². The Morgan fingerprint density at radius 1 is 1.33 bits per heavy atom. The fourth-order valence-corrected chi connectivity index (χ4v) is 2.94. The van der Waals surface area contributed by atoms with Crippen LogP contribution < -0.4 is 5.32 Å². The highest BCUT2D eigenvalue weighted by atomic mass is 35.5. The minimum absolute atomic E-state index is 0.0423. The SMILES string of the molecule is O=C1C(=O)N2CCNCC2CN1Cc1ccc(Cl)cc1F. The fourth-order valence-electron chi connectivity index (χ4n) is 2.78. The molecule has 0 saturated carbocycles. The van der Waals surface area contributed by atoms with E-state index < -0.39 is 17.6 Å². The van der Waals surface area contributed by atoms with Crippen LogP contribution in [0.1, 0.15) is 5.56 Å². The first-order valence-corrected chi connectivity index (χ1v) is 7.18. The van der Waals surface area contributed by atoms with E-state index in [0.717, 1.165) is 0 Å². The number of benzene rings is 1. The standard InChI is InChI=1S/C14H15ClFN3O2/c15-10-2-1-9(12(16)5-10)7-18-8-11-6-17-3-4-19(11)14(21)13(18)20/h1-2,5,11,17H,3-4,6-8H2. The molecular weight excluding hydrogens is 297 g/mol. The van der Waals surface area contributed by atoms with Crippen molar-refractivity contribution in [3.63, 3.8) is 0 Å². The molecule has 0 aromatic heterocycles. The lowest BCUT2D eigenvalue weighted by molar-refractivity contribution is -0.160. The molecule has 0 spiro atoms. The monoisotopic (exact) mass is 311 g/mol. The van der Waals surface area contributed by atoms with Gasteiger partial charge in [0.05, 0.1) is 6.04 Å². The largest absolute Gasteiger partial charge is 0.328 e. The summed E-state index contributed by atoms with van der Waals surface area (Å²) in [6.45, 7) is 2.38. The number of carbonyl (C=O) groups is 2. The predicted octanol–water partition coefficient (Wildman–Crippen LogP) is 0.622. The van der Waals surface area contributed by atoms with Crippen LogP contribution in [-0.2, 0) is 16.1 Å². The van der Waals surface area contributed by atoms with Crippen molar-refractivity contribution >= 4 is 23.4 Å². The quantitative estimate of drug-likeness (QED) is 0.815. The summed E-state index contributed by atoms with van der Waals surface area (Å²) in [6, 6.07) is 4.28. The Morgan fingerprint density at radius 3 is 2.90 bits per heavy atom. The van der Waals surface area contributed by atoms with Gasteiger partial charge in [0.2, 0.25) is 0 Å². The molecule has 0 radical (unpaired) electrons. The van der Waals surface area contributed by atoms with Gasteiger partial charge >= 0.3 is 11.8 Å². The number of hydrogen-bond donors (Lipinski definition) is 1. The lowest BCUT2D eigenvalue weighted by Crippen LogP contribution is -2.65. The van der Waals surface area contributed by atoms with E-state index in [-0.39, 0.29) is 12.6 Å². The lowest BCUT2D eigenvalue weighted by Gasteiger charge is -2.43. The number of nitrogens with zero attached hydrogens (tertiary/aromatic N) is 2. The van der Waals surface area contributed by atoms with Gasteiger partial charge in [0, 0.05) is 43.3 Å². The lowest BCUT2D eigenvalue weighted by atomic mass is 10.1. The van der Waals surface area contributed by atoms with Crippen molar-refractivity contribution in [2.24, 2.45) is 0 Å². The number of halogens is 2. The van der Waals surface area contributed by atoms with E-state index >= 15 is 0 Å². The molecular formula is C14H15ClFN3O2. The highest BCUT2D eigenvalue weighted by Gasteiger charge is 2.40. The molecule has 1 aromatic rings. The molecule has 1 aromatic carbocycles. The van der Waals surface area contributed by atoms with Crippen LogP contribution in [0.25, 0.3) is 0 Å². The van der Waals surface area contributed by atoms with Crippen molar-refractivity contribution in [2.45, 2.75) is 12.6 Å². The molecule has 1 N–H and O–H groups in total. The van der Waals surface area contributed by atoms with Gasteiger partial charge in [0.1, 0.15) is 5.82 Å². The number of hydrogen-bond acceptors (Lipinski definition) is 3. The second-order valence-corrected chi connectivity index (χ2v) is 5.71. The summed E-state index contributed by atoms with van der Waals surface area (Å²) in [4.78, 5) is 27.2. The Labute approximate surface area is 126 Å². The number of nitrogens with one attached hydrogen (secondary N) is 1. The van der Waals surface area contributed by atoms with Crippen molar-refractivity contribution in [3.8, 4) is 0 Å². The Balaban J connectivity index is 1.78. The Bertz CT molecular complexity index is 596. The first kappa shape index (κ1) is 14.3. The number of rotatable bonds is 2. The van der Waals surface area contributed by atoms with Gasteiger partial charge in [-0.25, -0.2) is 4.39 Å². The highest BCUT2D eigenvalue weighted by Crippen LogP contribution is 2.20. The zero-order chi connectivity index (χ0) is 15.0. The molecule has 112 valence electrons. The molecule has 2 heterocycles. The van der Waals surface area contributed by atoms with Gasteiger partial charge in [-0.1, -0.05) is 17.7 Å². The summed E-state index contributed by atoms with van der Waals surface area (Å²) < 4.78 is 13.8. The first-order valence-electron chi connectivity index (χ1n) is 6.81. The number of piperazine rings is 2. The topological polar surface area (TPSA) is 52.7 Å². The third-order valence-corrected chi connectivity index (χ3v) is 4.12. The molecule has 7 heteroatoms. The summed E-state index contributed by atoms with van der Waals surface area (Å²) in [6.07, 6.45) is 0. The summed E-state index contributed by atoms with van der Waals surface area (Å²) in [5, 5.41) is 3.50. The smallest absolute Gasteiger partial charge is 0.312 e. The van der Waals surface area contributed by atoms with Crippen molar-refractivity contribution in [1.29, 1.82) is 0 Å². The normalized spacial score (nSPS) is 22.5. The van der Waals surface area contributed by atoms with E-state index in [4.69, 9.17) is 11.6 Å². The first-order chi connectivity index (χ1) is 10.1. The molecule has 2 fully saturated rings. The van der Waals surface area contributed by atoms with Crippen LogP contribution in [-0.4, -0.2) is 53.8 Å². The van der Waals surface area contributed by atoms with Crippen LogP contribution in [0.4, 0.5) is 4.39 Å². The third kappa shape index (κ3) is 2.73. The van der Waals surface area contributed by atoms with Crippen molar-refractivity contribution in [1.82, 2.24) is 15.1 Å². The summed E-state index contributed by atoms with van der Waals surface area (Å²) >= 11 is 5.71. The maximum Gasteiger partial charge on any atom is 0.312 e. The number of carbonyl (C=O) groups excluding carboxylic acids is 2. The number of fused-ring (bicyclic) bond motifs is 1. The molecule has 1 atom stereocenters. The number of amides is 2. The maximum absolute atomic E-state index is 13.8. The van der Waals surface area contributed by atoms with E-state index in [2.05, 4.69) is 5.32 Å². The van der Waals surface area contributed by atoms with Gasteiger partial charge in [0.25, 0.3) is 0 Å². The second kappa shape index (κ2) is 5.61. The molecule has 5 nitrogen and oxygen atoms in total. The zero-order valence-corrected chi connectivity index (χ0v) is 12.1. The fraction of sp³-hybridized carbons (Fsp3) is 0.429. The summed E-state index contributed by atoms with van der Waals surface area (Å²) in [7, 11) is 0. The molecule has 21 heavy (non-hydrogen) atoms. The van der Waals surface area contributed by atoms with E-state index in [9.17, 15) is 14.0 Å². The molecule has 2 aliphatic rings. The minimum atomic E-state index is -0.567. The predicted molar refractivity (Wildman–Crippen MR) is 75.2 cm³/mol. The van der Waals surface area contributed by atoms with Crippen LogP contribution in [0, 0.1) is 5.82 Å². The highest BCUT2D eigenvalue weighted by molar-refractivity contribution is 6.35. The Hall–Kier alpha value is -1.66. The van der Waals surface area contributed by atoms with Gasteiger partial charge in [-0.05, 0) is 12.1 Å². The van der Waals surface area contributed by atoms with Crippen LogP contribution in [0.2, 0.25) is 5.02 Å². The van der Waals surface area contributed by atoms with E-state index in [1.807, 2.05) is 0 Å². The van der Waals surface area contributed by atoms with Gasteiger partial charge < -0.3 is 15.1 Å². The van der Waals surface area contributed by atoms with E-state index in [0.29, 0.717) is 36.8 Å². The van der Waals surface area contributed by atoms with Gasteiger partial charge in [-0.3, -0.25) is 9.59 Å². The molecule has 2 aliphatic heterocycles. The average Bonchev–Trinajstić information content (AvgIpc) is 2.47. The molecule has 0 bridgehead atoms. The van der Waals surface area contributed by atoms with Crippen LogP contribution in [0.5, 0.6) is 0 Å². The van der Waals surface area contributed by atoms with Gasteiger partial charge in [-0.15, -0.1) is 0 Å². The van der Waals surface area contributed by atoms with Crippen molar-refractivity contribution in [3.05, 3.63) is 34.6 Å². The van der Waals surface area contributed by atoms with E-state index in [1.165, 1.54) is 11.0 Å². The average molecular weight is 312 g/mol. The third-order valence-electron chi connectivity index (χ3n) is 3.89. The Kier molecular flexibility index (Phi) is 3.82. The zero-order valence-electron chi connectivity index (χ0n) is 11.3. The molecule has 0 aliphatic carbocycles. The summed E-state index contributed by atoms with van der Waals surface area (Å²) in [5.41, 5.74) is 0.359. The van der Waals surface area contributed by atoms with E-state index in [1.54, 1.807) is 17.0 Å². The maximum atomic E-state index is 13.8. The molecule has 2 amide bonds. The Morgan fingerprint density at radius 2 is 2.14 bits per heavy atom. The van der Waals surface area contributed by atoms with Crippen molar-refractivity contribution in [2.75, 3.05) is 26.2 Å². The molecule has 1 unspecified atom stereocenters. The summed E-state index contributed by atoms with van der Waals surface area (Å²) in [5.74, 6) is -1.53. The van der Waals surface area contributed by atoms with Crippen LogP contribution in [0.3, 0.4) is 0 Å². The van der Waals surface area contributed by atoms with Gasteiger partial charge in [0.15, 0.2) is 0 Å². The molecule has 3 rings (SSSR count). The van der Waals surface area contributed by atoms with Crippen LogP contribution >= 0.6 is 11.6 Å². The van der Waals surface area contributed by atoms with Gasteiger partial charge in [-0.2, -0.15) is 0 Å².